The SMILES string of the molecule is COc1ccc(C2(CCCOS(C)(=O)=O)OCc3cc(C#N)ccc32)cc1. The van der Waals surface area contributed by atoms with E-state index in [-0.39, 0.29) is 6.61 Å². The molecule has 1 aliphatic heterocycles. The molecule has 2 aromatic rings. The van der Waals surface area contributed by atoms with Crippen LogP contribution in [0.25, 0.3) is 0 Å². The second kappa shape index (κ2) is 7.69. The van der Waals surface area contributed by atoms with E-state index in [9.17, 15) is 8.42 Å². The Morgan fingerprint density at radius 2 is 1.96 bits per heavy atom. The molecule has 0 saturated heterocycles. The minimum absolute atomic E-state index is 0.0890. The molecule has 1 heterocycles. The van der Waals surface area contributed by atoms with E-state index in [0.29, 0.717) is 25.0 Å². The van der Waals surface area contributed by atoms with Gasteiger partial charge in [-0.15, -0.1) is 0 Å². The van der Waals surface area contributed by atoms with Crippen LogP contribution in [0.5, 0.6) is 5.75 Å². The number of methoxy groups -OCH3 is 1. The Kier molecular flexibility index (Phi) is 5.51. The van der Waals surface area contributed by atoms with Crippen LogP contribution >= 0.6 is 0 Å². The highest BCUT2D eigenvalue weighted by atomic mass is 32.2. The molecule has 3 rings (SSSR count). The first-order valence-corrected chi connectivity index (χ1v) is 10.4. The van der Waals surface area contributed by atoms with Crippen molar-refractivity contribution in [2.24, 2.45) is 0 Å². The van der Waals surface area contributed by atoms with Crippen molar-refractivity contribution in [1.29, 1.82) is 5.26 Å². The topological polar surface area (TPSA) is 85.6 Å². The third-order valence-electron chi connectivity index (χ3n) is 4.67. The molecule has 0 fully saturated rings. The average Bonchev–Trinajstić information content (AvgIpc) is 3.03. The lowest BCUT2D eigenvalue weighted by Crippen LogP contribution is -2.27. The van der Waals surface area contributed by atoms with Crippen molar-refractivity contribution >= 4 is 10.1 Å². The molecule has 0 N–H and O–H groups in total. The Morgan fingerprint density at radius 1 is 1.22 bits per heavy atom. The van der Waals surface area contributed by atoms with Gasteiger partial charge in [-0.1, -0.05) is 18.2 Å². The zero-order valence-corrected chi connectivity index (χ0v) is 16.1. The van der Waals surface area contributed by atoms with Crippen molar-refractivity contribution in [3.63, 3.8) is 0 Å². The van der Waals surface area contributed by atoms with Crippen LogP contribution in [0.2, 0.25) is 0 Å². The molecule has 27 heavy (non-hydrogen) atoms. The third kappa shape index (κ3) is 4.14. The number of hydrogen-bond donors (Lipinski definition) is 0. The number of rotatable bonds is 7. The zero-order valence-electron chi connectivity index (χ0n) is 15.3. The zero-order chi connectivity index (χ0) is 19.5. The summed E-state index contributed by atoms with van der Waals surface area (Å²) in [5.74, 6) is 0.743. The largest absolute Gasteiger partial charge is 0.497 e. The first-order chi connectivity index (χ1) is 12.9. The summed E-state index contributed by atoms with van der Waals surface area (Å²) in [6, 6.07) is 15.3. The predicted octanol–water partition coefficient (Wildman–Crippen LogP) is 3.10. The van der Waals surface area contributed by atoms with Gasteiger partial charge in [-0.2, -0.15) is 13.7 Å². The van der Waals surface area contributed by atoms with E-state index >= 15 is 0 Å². The van der Waals surface area contributed by atoms with E-state index in [2.05, 4.69) is 6.07 Å². The van der Waals surface area contributed by atoms with Gasteiger partial charge in [0.15, 0.2) is 0 Å². The first-order valence-electron chi connectivity index (χ1n) is 8.54. The smallest absolute Gasteiger partial charge is 0.264 e. The minimum Gasteiger partial charge on any atom is -0.497 e. The van der Waals surface area contributed by atoms with Crippen molar-refractivity contribution in [2.75, 3.05) is 20.0 Å². The number of benzene rings is 2. The Morgan fingerprint density at radius 3 is 2.59 bits per heavy atom. The van der Waals surface area contributed by atoms with Gasteiger partial charge in [-0.3, -0.25) is 4.18 Å². The number of nitriles is 1. The van der Waals surface area contributed by atoms with Gasteiger partial charge in [-0.25, -0.2) is 0 Å². The lowest BCUT2D eigenvalue weighted by molar-refractivity contribution is -0.0149. The van der Waals surface area contributed by atoms with Crippen LogP contribution < -0.4 is 4.74 Å². The molecule has 0 saturated carbocycles. The summed E-state index contributed by atoms with van der Waals surface area (Å²) in [5.41, 5.74) is 2.78. The van der Waals surface area contributed by atoms with Crippen LogP contribution in [-0.2, 0) is 31.2 Å². The summed E-state index contributed by atoms with van der Waals surface area (Å²) in [6.45, 7) is 0.482. The van der Waals surface area contributed by atoms with Crippen molar-refractivity contribution in [1.82, 2.24) is 0 Å². The molecule has 0 aromatic heterocycles. The van der Waals surface area contributed by atoms with E-state index in [1.54, 1.807) is 13.2 Å². The van der Waals surface area contributed by atoms with E-state index in [4.69, 9.17) is 18.9 Å². The van der Waals surface area contributed by atoms with Gasteiger partial charge in [0.05, 0.1) is 38.2 Å². The highest BCUT2D eigenvalue weighted by Gasteiger charge is 2.41. The molecule has 142 valence electrons. The summed E-state index contributed by atoms with van der Waals surface area (Å²) in [5, 5.41) is 9.15. The van der Waals surface area contributed by atoms with E-state index in [1.807, 2.05) is 36.4 Å². The normalized spacial score (nSPS) is 18.7. The molecule has 7 heteroatoms. The maximum absolute atomic E-state index is 11.2. The lowest BCUT2D eigenvalue weighted by Gasteiger charge is -2.30. The predicted molar refractivity (Wildman–Crippen MR) is 99.7 cm³/mol. The molecular weight excluding hydrogens is 366 g/mol. The Balaban J connectivity index is 1.94. The van der Waals surface area contributed by atoms with Gasteiger partial charge in [-0.05, 0) is 53.8 Å². The van der Waals surface area contributed by atoms with Crippen molar-refractivity contribution in [3.8, 4) is 11.8 Å². The Bertz CT molecular complexity index is 963. The van der Waals surface area contributed by atoms with E-state index < -0.39 is 15.7 Å². The molecule has 0 amide bonds. The highest BCUT2D eigenvalue weighted by molar-refractivity contribution is 7.85. The first kappa shape index (κ1) is 19.4. The molecule has 6 nitrogen and oxygen atoms in total. The van der Waals surface area contributed by atoms with Crippen LogP contribution in [0.15, 0.2) is 42.5 Å². The third-order valence-corrected chi connectivity index (χ3v) is 5.27. The second-order valence-electron chi connectivity index (χ2n) is 6.46. The van der Waals surface area contributed by atoms with Crippen molar-refractivity contribution in [3.05, 3.63) is 64.7 Å². The van der Waals surface area contributed by atoms with Crippen LogP contribution in [0, 0.1) is 11.3 Å². The van der Waals surface area contributed by atoms with Crippen LogP contribution in [0.4, 0.5) is 0 Å². The number of hydrogen-bond acceptors (Lipinski definition) is 6. The second-order valence-corrected chi connectivity index (χ2v) is 8.10. The van der Waals surface area contributed by atoms with Gasteiger partial charge < -0.3 is 9.47 Å². The highest BCUT2D eigenvalue weighted by Crippen LogP contribution is 2.45. The fourth-order valence-electron chi connectivity index (χ4n) is 3.44. The summed E-state index contributed by atoms with van der Waals surface area (Å²) >= 11 is 0. The maximum atomic E-state index is 11.2. The monoisotopic (exact) mass is 387 g/mol. The Labute approximate surface area is 159 Å². The molecule has 0 aliphatic carbocycles. The van der Waals surface area contributed by atoms with Gasteiger partial charge in [0, 0.05) is 0 Å². The van der Waals surface area contributed by atoms with Gasteiger partial charge in [0.1, 0.15) is 11.4 Å². The summed E-state index contributed by atoms with van der Waals surface area (Å²) in [7, 11) is -1.87. The summed E-state index contributed by atoms with van der Waals surface area (Å²) < 4.78 is 38.8. The molecule has 1 aliphatic rings. The van der Waals surface area contributed by atoms with Crippen LogP contribution in [0.1, 0.15) is 35.1 Å². The molecule has 1 atom stereocenters. The standard InChI is InChI=1S/C20H21NO5S/c1-24-18-7-5-17(6-8-18)20(10-3-11-26-27(2,22)23)19-9-4-15(13-21)12-16(19)14-25-20/h4-9,12H,3,10-11,14H2,1-2H3. The number of ether oxygens (including phenoxy) is 2. The van der Waals surface area contributed by atoms with Crippen molar-refractivity contribution in [2.45, 2.75) is 25.0 Å². The Hall–Kier alpha value is -2.40. The maximum Gasteiger partial charge on any atom is 0.264 e. The quantitative estimate of drug-likeness (QED) is 0.536. The van der Waals surface area contributed by atoms with Crippen LogP contribution in [-0.4, -0.2) is 28.4 Å². The van der Waals surface area contributed by atoms with E-state index in [0.717, 1.165) is 28.7 Å². The minimum atomic E-state index is -3.48. The molecule has 0 radical (unpaired) electrons. The van der Waals surface area contributed by atoms with Crippen molar-refractivity contribution < 1.29 is 22.1 Å². The fourth-order valence-corrected chi connectivity index (χ4v) is 3.86. The molecule has 2 aromatic carbocycles. The summed E-state index contributed by atoms with van der Waals surface area (Å²) in [6.07, 6.45) is 2.09. The molecule has 0 spiro atoms. The molecule has 1 unspecified atom stereocenters. The van der Waals surface area contributed by atoms with E-state index in [1.165, 1.54) is 0 Å². The van der Waals surface area contributed by atoms with Crippen LogP contribution in [0.3, 0.4) is 0 Å². The van der Waals surface area contributed by atoms with Gasteiger partial charge >= 0.3 is 0 Å². The van der Waals surface area contributed by atoms with Gasteiger partial charge in [0.25, 0.3) is 10.1 Å². The molecular formula is C20H21NO5S. The molecule has 0 bridgehead atoms. The lowest BCUT2D eigenvalue weighted by atomic mass is 9.81. The number of fused-ring (bicyclic) bond motifs is 1. The fraction of sp³-hybridized carbons (Fsp3) is 0.350. The summed E-state index contributed by atoms with van der Waals surface area (Å²) in [4.78, 5) is 0. The van der Waals surface area contributed by atoms with Gasteiger partial charge in [0.2, 0.25) is 0 Å². The average molecular weight is 387 g/mol. The number of nitrogens with zero attached hydrogens (tertiary/aromatic N) is 1.